The minimum Gasteiger partial charge on any atom is -0.437 e. The van der Waals surface area contributed by atoms with Gasteiger partial charge in [-0.05, 0) is 19.1 Å². The highest BCUT2D eigenvalue weighted by Gasteiger charge is 2.40. The maximum Gasteiger partial charge on any atom is 0.425 e. The fraction of sp³-hybridized carbons (Fsp3) is 0.500. The summed E-state index contributed by atoms with van der Waals surface area (Å²) in [4.78, 5) is 12.9. The van der Waals surface area contributed by atoms with Gasteiger partial charge in [-0.1, -0.05) is 18.2 Å². The second-order valence-corrected chi connectivity index (χ2v) is 7.21. The number of hydrogen-bond donors (Lipinski definition) is 0. The molecule has 134 valence electrons. The molecule has 0 aliphatic carbocycles. The molecule has 0 N–H and O–H groups in total. The number of ether oxygens (including phenoxy) is 1. The van der Waals surface area contributed by atoms with Gasteiger partial charge in [0, 0.05) is 26.2 Å². The topological polar surface area (TPSA) is 66.9 Å². The standard InChI is InChI=1S/C14H17F3N2O4S/c1-11(14(15,16)17)23-13(20)18-7-9-19(10-8-18)24(21,22)12-5-3-2-4-6-12/h2-6,11H,7-10H2,1H3. The molecule has 1 unspecified atom stereocenters. The molecule has 1 aliphatic heterocycles. The molecule has 0 bridgehead atoms. The molecular weight excluding hydrogens is 349 g/mol. The lowest BCUT2D eigenvalue weighted by atomic mass is 10.4. The molecule has 0 saturated carbocycles. The van der Waals surface area contributed by atoms with E-state index in [9.17, 15) is 26.4 Å². The van der Waals surface area contributed by atoms with Crippen molar-refractivity contribution in [2.45, 2.75) is 24.1 Å². The minimum absolute atomic E-state index is 0.00722. The summed E-state index contributed by atoms with van der Waals surface area (Å²) in [6.45, 7) is 0.665. The number of sulfonamides is 1. The number of hydrogen-bond acceptors (Lipinski definition) is 4. The summed E-state index contributed by atoms with van der Waals surface area (Å²) in [5.41, 5.74) is 0. The quantitative estimate of drug-likeness (QED) is 0.822. The van der Waals surface area contributed by atoms with Gasteiger partial charge in [0.15, 0.2) is 6.10 Å². The fourth-order valence-corrected chi connectivity index (χ4v) is 3.59. The van der Waals surface area contributed by atoms with Gasteiger partial charge < -0.3 is 9.64 Å². The molecule has 6 nitrogen and oxygen atoms in total. The summed E-state index contributed by atoms with van der Waals surface area (Å²) in [5.74, 6) is 0. The number of alkyl halides is 3. The first kappa shape index (κ1) is 18.5. The number of carbonyl (C=O) groups excluding carboxylic acids is 1. The van der Waals surface area contributed by atoms with E-state index in [1.807, 2.05) is 0 Å². The third-order valence-corrected chi connectivity index (χ3v) is 5.53. The highest BCUT2D eigenvalue weighted by atomic mass is 32.2. The normalized spacial score (nSPS) is 18.2. The summed E-state index contributed by atoms with van der Waals surface area (Å²) in [5, 5.41) is 0. The van der Waals surface area contributed by atoms with E-state index in [0.29, 0.717) is 0 Å². The Labute approximate surface area is 137 Å². The highest BCUT2D eigenvalue weighted by Crippen LogP contribution is 2.23. The molecule has 1 aromatic rings. The van der Waals surface area contributed by atoms with Gasteiger partial charge in [0.1, 0.15) is 0 Å². The van der Waals surface area contributed by atoms with Crippen LogP contribution in [0.25, 0.3) is 0 Å². The van der Waals surface area contributed by atoms with Gasteiger partial charge in [-0.25, -0.2) is 13.2 Å². The van der Waals surface area contributed by atoms with Crippen LogP contribution in [0.4, 0.5) is 18.0 Å². The van der Waals surface area contributed by atoms with Gasteiger partial charge in [-0.3, -0.25) is 0 Å². The summed E-state index contributed by atoms with van der Waals surface area (Å²) < 4.78 is 67.6. The minimum atomic E-state index is -4.63. The maximum absolute atomic E-state index is 12.4. The first-order chi connectivity index (χ1) is 11.1. The SMILES string of the molecule is CC(OC(=O)N1CCN(S(=O)(=O)c2ccccc2)CC1)C(F)(F)F. The molecule has 0 aromatic heterocycles. The maximum atomic E-state index is 12.4. The third-order valence-electron chi connectivity index (χ3n) is 3.62. The van der Waals surface area contributed by atoms with Crippen LogP contribution in [0.15, 0.2) is 35.2 Å². The van der Waals surface area contributed by atoms with E-state index in [1.165, 1.54) is 16.4 Å². The van der Waals surface area contributed by atoms with Crippen molar-refractivity contribution in [3.63, 3.8) is 0 Å². The van der Waals surface area contributed by atoms with Crippen molar-refractivity contribution < 1.29 is 31.1 Å². The monoisotopic (exact) mass is 366 g/mol. The van der Waals surface area contributed by atoms with Crippen molar-refractivity contribution in [1.82, 2.24) is 9.21 Å². The number of piperazine rings is 1. The summed E-state index contributed by atoms with van der Waals surface area (Å²) in [6.07, 6.45) is -7.94. The van der Waals surface area contributed by atoms with Gasteiger partial charge in [-0.15, -0.1) is 0 Å². The molecule has 1 fully saturated rings. The Morgan fingerprint density at radius 3 is 2.17 bits per heavy atom. The molecule has 24 heavy (non-hydrogen) atoms. The van der Waals surface area contributed by atoms with Crippen LogP contribution in [0.2, 0.25) is 0 Å². The van der Waals surface area contributed by atoms with Crippen LogP contribution in [-0.2, 0) is 14.8 Å². The Balaban J connectivity index is 1.95. The number of nitrogens with zero attached hydrogens (tertiary/aromatic N) is 2. The predicted molar refractivity (Wildman–Crippen MR) is 78.8 cm³/mol. The van der Waals surface area contributed by atoms with E-state index < -0.39 is 28.4 Å². The molecule has 0 radical (unpaired) electrons. The molecular formula is C14H17F3N2O4S. The zero-order valence-corrected chi connectivity index (χ0v) is 13.7. The number of halogens is 3. The lowest BCUT2D eigenvalue weighted by Crippen LogP contribution is -2.51. The zero-order chi connectivity index (χ0) is 18.0. The molecule has 0 spiro atoms. The number of rotatable bonds is 3. The first-order valence-electron chi connectivity index (χ1n) is 7.20. The van der Waals surface area contributed by atoms with Crippen LogP contribution >= 0.6 is 0 Å². The Morgan fingerprint density at radius 1 is 1.12 bits per heavy atom. The van der Waals surface area contributed by atoms with Crippen LogP contribution in [0.1, 0.15) is 6.92 Å². The predicted octanol–water partition coefficient (Wildman–Crippen LogP) is 2.08. The van der Waals surface area contributed by atoms with E-state index in [4.69, 9.17) is 0 Å². The molecule has 1 amide bonds. The van der Waals surface area contributed by atoms with Crippen molar-refractivity contribution in [3.8, 4) is 0 Å². The second-order valence-electron chi connectivity index (χ2n) is 5.27. The lowest BCUT2D eigenvalue weighted by molar-refractivity contribution is -0.199. The smallest absolute Gasteiger partial charge is 0.425 e. The summed E-state index contributed by atoms with van der Waals surface area (Å²) in [6, 6.07) is 7.80. The molecule has 10 heteroatoms. The van der Waals surface area contributed by atoms with Crippen LogP contribution < -0.4 is 0 Å². The average Bonchev–Trinajstić information content (AvgIpc) is 2.55. The highest BCUT2D eigenvalue weighted by molar-refractivity contribution is 7.89. The van der Waals surface area contributed by atoms with Crippen LogP contribution in [-0.4, -0.2) is 62.2 Å². The van der Waals surface area contributed by atoms with Gasteiger partial charge >= 0.3 is 12.3 Å². The molecule has 1 atom stereocenters. The number of carbonyl (C=O) groups is 1. The van der Waals surface area contributed by atoms with Gasteiger partial charge in [0.2, 0.25) is 10.0 Å². The van der Waals surface area contributed by atoms with E-state index in [2.05, 4.69) is 4.74 Å². The van der Waals surface area contributed by atoms with Crippen molar-refractivity contribution >= 4 is 16.1 Å². The van der Waals surface area contributed by atoms with E-state index in [1.54, 1.807) is 18.2 Å². The van der Waals surface area contributed by atoms with Crippen molar-refractivity contribution in [2.24, 2.45) is 0 Å². The van der Waals surface area contributed by atoms with E-state index >= 15 is 0 Å². The molecule has 1 heterocycles. The molecule has 1 aliphatic rings. The lowest BCUT2D eigenvalue weighted by Gasteiger charge is -2.34. The Kier molecular flexibility index (Phi) is 5.38. The fourth-order valence-electron chi connectivity index (χ4n) is 2.15. The summed E-state index contributed by atoms with van der Waals surface area (Å²) >= 11 is 0. The number of amides is 1. The second kappa shape index (κ2) is 6.98. The van der Waals surface area contributed by atoms with Gasteiger partial charge in [0.25, 0.3) is 0 Å². The Bertz CT molecular complexity index is 671. The van der Waals surface area contributed by atoms with Crippen molar-refractivity contribution in [2.75, 3.05) is 26.2 Å². The average molecular weight is 366 g/mol. The van der Waals surface area contributed by atoms with Crippen LogP contribution in [0, 0.1) is 0 Å². The van der Waals surface area contributed by atoms with E-state index in [0.717, 1.165) is 11.8 Å². The van der Waals surface area contributed by atoms with Crippen LogP contribution in [0.3, 0.4) is 0 Å². The molecule has 2 rings (SSSR count). The molecule has 1 aromatic carbocycles. The van der Waals surface area contributed by atoms with Gasteiger partial charge in [-0.2, -0.15) is 17.5 Å². The van der Waals surface area contributed by atoms with E-state index in [-0.39, 0.29) is 31.1 Å². The zero-order valence-electron chi connectivity index (χ0n) is 12.9. The first-order valence-corrected chi connectivity index (χ1v) is 8.64. The van der Waals surface area contributed by atoms with Crippen LogP contribution in [0.5, 0.6) is 0 Å². The third kappa shape index (κ3) is 4.18. The Hall–Kier alpha value is -1.81. The van der Waals surface area contributed by atoms with Crippen molar-refractivity contribution in [1.29, 1.82) is 0 Å². The largest absolute Gasteiger partial charge is 0.437 e. The molecule has 1 saturated heterocycles. The number of benzene rings is 1. The van der Waals surface area contributed by atoms with Gasteiger partial charge in [0.05, 0.1) is 4.90 Å². The van der Waals surface area contributed by atoms with Crippen molar-refractivity contribution in [3.05, 3.63) is 30.3 Å². The Morgan fingerprint density at radius 2 is 1.67 bits per heavy atom. The summed E-state index contributed by atoms with van der Waals surface area (Å²) in [7, 11) is -3.68.